The summed E-state index contributed by atoms with van der Waals surface area (Å²) in [5.74, 6) is 0.985. The van der Waals surface area contributed by atoms with Gasteiger partial charge in [-0.3, -0.25) is 0 Å². The quantitative estimate of drug-likeness (QED) is 0.752. The first-order valence-electron chi connectivity index (χ1n) is 7.53. The van der Waals surface area contributed by atoms with Crippen LogP contribution in [0.5, 0.6) is 0 Å². The second-order valence-corrected chi connectivity index (χ2v) is 5.97. The number of likely N-dealkylation sites (N-methyl/N-ethyl adjacent to an activating group) is 1. The summed E-state index contributed by atoms with van der Waals surface area (Å²) in [4.78, 5) is 7.00. The fraction of sp³-hybridized carbons (Fsp3) is 0.278. The Morgan fingerprint density at radius 1 is 1.14 bits per heavy atom. The largest absolute Gasteiger partial charge is 0.397 e. The van der Waals surface area contributed by atoms with Crippen LogP contribution >= 0.6 is 0 Å². The summed E-state index contributed by atoms with van der Waals surface area (Å²) in [5.41, 5.74) is 11.2. The van der Waals surface area contributed by atoms with Crippen LogP contribution in [0.1, 0.15) is 5.56 Å². The van der Waals surface area contributed by atoms with Gasteiger partial charge < -0.3 is 15.2 Å². The van der Waals surface area contributed by atoms with Gasteiger partial charge in [0.25, 0.3) is 0 Å². The van der Waals surface area contributed by atoms with Crippen molar-refractivity contribution >= 4 is 16.7 Å². The molecule has 0 aliphatic carbocycles. The first kappa shape index (κ1) is 14.6. The highest BCUT2D eigenvalue weighted by molar-refractivity contribution is 5.90. The van der Waals surface area contributed by atoms with Crippen LogP contribution in [0.4, 0.5) is 5.69 Å². The molecule has 2 N–H and O–H groups in total. The summed E-state index contributed by atoms with van der Waals surface area (Å²) >= 11 is 0. The number of nitrogens with two attached hydrogens (primary N) is 1. The predicted molar refractivity (Wildman–Crippen MR) is 92.9 cm³/mol. The zero-order valence-electron chi connectivity index (χ0n) is 13.4. The average Bonchev–Trinajstić information content (AvgIpc) is 2.85. The van der Waals surface area contributed by atoms with E-state index in [4.69, 9.17) is 10.7 Å². The number of para-hydroxylation sites is 1. The summed E-state index contributed by atoms with van der Waals surface area (Å²) < 4.78 is 2.26. The van der Waals surface area contributed by atoms with Crippen LogP contribution < -0.4 is 5.73 Å². The van der Waals surface area contributed by atoms with E-state index in [1.165, 1.54) is 5.56 Å². The highest BCUT2D eigenvalue weighted by atomic mass is 15.1. The monoisotopic (exact) mass is 294 g/mol. The first-order chi connectivity index (χ1) is 10.6. The Bertz CT molecular complexity index is 802. The number of nitrogens with zero attached hydrogens (tertiary/aromatic N) is 3. The number of nitrogen functional groups attached to an aromatic ring is 1. The van der Waals surface area contributed by atoms with Crippen LogP contribution in [-0.2, 0) is 6.54 Å². The fourth-order valence-corrected chi connectivity index (χ4v) is 2.70. The van der Waals surface area contributed by atoms with Gasteiger partial charge in [0, 0.05) is 18.7 Å². The average molecular weight is 294 g/mol. The number of rotatable bonds is 4. The molecule has 0 amide bonds. The Morgan fingerprint density at radius 3 is 2.64 bits per heavy atom. The third-order valence-electron chi connectivity index (χ3n) is 3.86. The Kier molecular flexibility index (Phi) is 3.86. The molecule has 0 atom stereocenters. The van der Waals surface area contributed by atoms with E-state index in [0.29, 0.717) is 0 Å². The third-order valence-corrected chi connectivity index (χ3v) is 3.86. The zero-order chi connectivity index (χ0) is 15.7. The number of anilines is 1. The molecule has 0 aliphatic heterocycles. The molecule has 0 bridgehead atoms. The van der Waals surface area contributed by atoms with E-state index in [1.54, 1.807) is 0 Å². The van der Waals surface area contributed by atoms with Crippen molar-refractivity contribution in [2.24, 2.45) is 0 Å². The molecule has 1 heterocycles. The van der Waals surface area contributed by atoms with E-state index >= 15 is 0 Å². The lowest BCUT2D eigenvalue weighted by Gasteiger charge is -2.13. The number of fused-ring (bicyclic) bond motifs is 1. The standard InChI is InChI=1S/C18H22N4/c1-13-6-4-7-14(12-13)18-20-17-15(19)8-5-9-16(17)22(18)11-10-21(2)3/h4-9,12H,10-11,19H2,1-3H3. The summed E-state index contributed by atoms with van der Waals surface area (Å²) in [6.07, 6.45) is 0. The lowest BCUT2D eigenvalue weighted by molar-refractivity contribution is 0.387. The molecule has 0 saturated heterocycles. The van der Waals surface area contributed by atoms with E-state index in [0.717, 1.165) is 41.2 Å². The van der Waals surface area contributed by atoms with Gasteiger partial charge in [0.15, 0.2) is 0 Å². The molecular formula is C18H22N4. The van der Waals surface area contributed by atoms with Crippen molar-refractivity contribution in [2.75, 3.05) is 26.4 Å². The van der Waals surface area contributed by atoms with Crippen molar-refractivity contribution in [3.63, 3.8) is 0 Å². The number of benzene rings is 2. The number of hydrogen-bond donors (Lipinski definition) is 1. The number of aryl methyl sites for hydroxylation is 1. The summed E-state index contributed by atoms with van der Waals surface area (Å²) in [5, 5.41) is 0. The van der Waals surface area contributed by atoms with Crippen molar-refractivity contribution in [3.05, 3.63) is 48.0 Å². The van der Waals surface area contributed by atoms with Gasteiger partial charge in [-0.15, -0.1) is 0 Å². The number of hydrogen-bond acceptors (Lipinski definition) is 3. The Hall–Kier alpha value is -2.33. The molecule has 0 unspecified atom stereocenters. The van der Waals surface area contributed by atoms with E-state index in [2.05, 4.69) is 60.8 Å². The molecule has 0 radical (unpaired) electrons. The van der Waals surface area contributed by atoms with Crippen LogP contribution in [0.3, 0.4) is 0 Å². The van der Waals surface area contributed by atoms with Gasteiger partial charge in [0.2, 0.25) is 0 Å². The topological polar surface area (TPSA) is 47.1 Å². The van der Waals surface area contributed by atoms with Gasteiger partial charge in [0.1, 0.15) is 11.3 Å². The highest BCUT2D eigenvalue weighted by Crippen LogP contribution is 2.28. The van der Waals surface area contributed by atoms with Gasteiger partial charge in [-0.2, -0.15) is 0 Å². The SMILES string of the molecule is Cc1cccc(-c2nc3c(N)cccc3n2CCN(C)C)c1. The number of imidazole rings is 1. The second-order valence-electron chi connectivity index (χ2n) is 5.97. The Balaban J connectivity index is 2.19. The third kappa shape index (κ3) is 2.70. The molecule has 0 aliphatic rings. The zero-order valence-corrected chi connectivity index (χ0v) is 13.4. The molecule has 0 fully saturated rings. The van der Waals surface area contributed by atoms with Crippen molar-refractivity contribution in [1.29, 1.82) is 0 Å². The molecule has 22 heavy (non-hydrogen) atoms. The maximum absolute atomic E-state index is 6.12. The van der Waals surface area contributed by atoms with Gasteiger partial charge in [0.05, 0.1) is 11.2 Å². The van der Waals surface area contributed by atoms with Crippen LogP contribution in [0.2, 0.25) is 0 Å². The molecule has 4 nitrogen and oxygen atoms in total. The van der Waals surface area contributed by atoms with Crippen molar-refractivity contribution in [2.45, 2.75) is 13.5 Å². The lowest BCUT2D eigenvalue weighted by Crippen LogP contribution is -2.18. The second kappa shape index (κ2) is 5.81. The van der Waals surface area contributed by atoms with Crippen LogP contribution in [0, 0.1) is 6.92 Å². The minimum Gasteiger partial charge on any atom is -0.397 e. The molecule has 0 saturated carbocycles. The fourth-order valence-electron chi connectivity index (χ4n) is 2.70. The van der Waals surface area contributed by atoms with Gasteiger partial charge in [-0.05, 0) is 39.2 Å². The summed E-state index contributed by atoms with van der Waals surface area (Å²) in [7, 11) is 4.17. The Morgan fingerprint density at radius 2 is 1.91 bits per heavy atom. The van der Waals surface area contributed by atoms with Crippen LogP contribution in [0.25, 0.3) is 22.4 Å². The number of aromatic nitrogens is 2. The molecule has 2 aromatic carbocycles. The highest BCUT2D eigenvalue weighted by Gasteiger charge is 2.14. The van der Waals surface area contributed by atoms with Gasteiger partial charge in [-0.1, -0.05) is 29.8 Å². The summed E-state index contributed by atoms with van der Waals surface area (Å²) in [6, 6.07) is 14.4. The van der Waals surface area contributed by atoms with Crippen molar-refractivity contribution < 1.29 is 0 Å². The smallest absolute Gasteiger partial charge is 0.141 e. The van der Waals surface area contributed by atoms with E-state index in [9.17, 15) is 0 Å². The lowest BCUT2D eigenvalue weighted by atomic mass is 10.1. The molecule has 3 rings (SSSR count). The van der Waals surface area contributed by atoms with Crippen molar-refractivity contribution in [1.82, 2.24) is 14.5 Å². The molecule has 1 aromatic heterocycles. The maximum Gasteiger partial charge on any atom is 0.141 e. The van der Waals surface area contributed by atoms with Crippen LogP contribution in [0.15, 0.2) is 42.5 Å². The minimum atomic E-state index is 0.731. The van der Waals surface area contributed by atoms with Crippen molar-refractivity contribution in [3.8, 4) is 11.4 Å². The summed E-state index contributed by atoms with van der Waals surface area (Å²) in [6.45, 7) is 3.94. The van der Waals surface area contributed by atoms with E-state index in [-0.39, 0.29) is 0 Å². The maximum atomic E-state index is 6.12. The van der Waals surface area contributed by atoms with Gasteiger partial charge >= 0.3 is 0 Å². The first-order valence-corrected chi connectivity index (χ1v) is 7.53. The normalized spacial score (nSPS) is 11.5. The van der Waals surface area contributed by atoms with Gasteiger partial charge in [-0.25, -0.2) is 4.98 Å². The molecule has 114 valence electrons. The van der Waals surface area contributed by atoms with E-state index in [1.807, 2.05) is 12.1 Å². The van der Waals surface area contributed by atoms with Crippen LogP contribution in [-0.4, -0.2) is 35.1 Å². The molecular weight excluding hydrogens is 272 g/mol. The molecule has 4 heteroatoms. The minimum absolute atomic E-state index is 0.731. The van der Waals surface area contributed by atoms with E-state index < -0.39 is 0 Å². The Labute approximate surface area is 131 Å². The predicted octanol–water partition coefficient (Wildman–Crippen LogP) is 3.16. The molecule has 3 aromatic rings. The molecule has 0 spiro atoms.